The maximum Gasteiger partial charge on any atom is 0.250 e. The van der Waals surface area contributed by atoms with Crippen LogP contribution in [0.15, 0.2) is 23.1 Å². The highest BCUT2D eigenvalue weighted by Crippen LogP contribution is 2.29. The lowest BCUT2D eigenvalue weighted by Gasteiger charge is -2.09. The van der Waals surface area contributed by atoms with Crippen molar-refractivity contribution in [3.63, 3.8) is 0 Å². The van der Waals surface area contributed by atoms with Crippen LogP contribution < -0.4 is 11.3 Å². The second kappa shape index (κ2) is 6.15. The largest absolute Gasteiger partial charge is 0.398 e. The molecule has 0 amide bonds. The topological polar surface area (TPSA) is 48.0 Å². The predicted molar refractivity (Wildman–Crippen MR) is 74.4 cm³/mol. The van der Waals surface area contributed by atoms with Gasteiger partial charge in [-0.15, -0.1) is 0 Å². The quantitative estimate of drug-likeness (QED) is 0.819. The Labute approximate surface area is 106 Å². The molecule has 1 aromatic heterocycles. The summed E-state index contributed by atoms with van der Waals surface area (Å²) >= 11 is 2.07. The predicted octanol–water partition coefficient (Wildman–Crippen LogP) is 2.50. The molecule has 1 aromatic rings. The molecule has 94 valence electrons. The number of nitrogen functional groups attached to an aromatic ring is 1. The SMILES string of the molecule is Nc1ccc(=O)n(CCCSC2CCCC2)c1. The number of hydrogen-bond donors (Lipinski definition) is 1. The van der Waals surface area contributed by atoms with E-state index in [9.17, 15) is 4.79 Å². The molecular weight excluding hydrogens is 232 g/mol. The summed E-state index contributed by atoms with van der Waals surface area (Å²) < 4.78 is 1.71. The van der Waals surface area contributed by atoms with Gasteiger partial charge in [-0.05, 0) is 31.1 Å². The molecule has 1 aliphatic rings. The molecule has 0 bridgehead atoms. The molecule has 0 radical (unpaired) electrons. The highest BCUT2D eigenvalue weighted by Gasteiger charge is 2.14. The van der Waals surface area contributed by atoms with E-state index in [0.29, 0.717) is 5.69 Å². The van der Waals surface area contributed by atoms with Gasteiger partial charge in [0.15, 0.2) is 0 Å². The van der Waals surface area contributed by atoms with Gasteiger partial charge < -0.3 is 10.3 Å². The molecule has 1 heterocycles. The highest BCUT2D eigenvalue weighted by atomic mass is 32.2. The molecule has 3 nitrogen and oxygen atoms in total. The van der Waals surface area contributed by atoms with Crippen molar-refractivity contribution < 1.29 is 0 Å². The molecular formula is C13H20N2OS. The van der Waals surface area contributed by atoms with Gasteiger partial charge in [-0.2, -0.15) is 11.8 Å². The molecule has 17 heavy (non-hydrogen) atoms. The Morgan fingerprint density at radius 1 is 1.35 bits per heavy atom. The number of nitrogens with zero attached hydrogens (tertiary/aromatic N) is 1. The zero-order valence-electron chi connectivity index (χ0n) is 10.1. The lowest BCUT2D eigenvalue weighted by atomic mass is 10.4. The zero-order valence-corrected chi connectivity index (χ0v) is 10.9. The third kappa shape index (κ3) is 3.80. The summed E-state index contributed by atoms with van der Waals surface area (Å²) in [6, 6.07) is 3.20. The van der Waals surface area contributed by atoms with Crippen LogP contribution in [0.2, 0.25) is 0 Å². The maximum absolute atomic E-state index is 11.5. The number of nitrogens with two attached hydrogens (primary N) is 1. The molecule has 4 heteroatoms. The standard InChI is InChI=1S/C13H20N2OS/c14-11-6-7-13(16)15(10-11)8-3-9-17-12-4-1-2-5-12/h6-7,10,12H,1-5,8-9,14H2. The molecule has 1 aliphatic carbocycles. The Morgan fingerprint density at radius 2 is 2.12 bits per heavy atom. The van der Waals surface area contributed by atoms with Gasteiger partial charge in [-0.25, -0.2) is 0 Å². The Balaban J connectivity index is 1.74. The summed E-state index contributed by atoms with van der Waals surface area (Å²) in [5.74, 6) is 1.14. The van der Waals surface area contributed by atoms with Gasteiger partial charge in [0.25, 0.3) is 5.56 Å². The molecule has 0 saturated heterocycles. The summed E-state index contributed by atoms with van der Waals surface area (Å²) in [7, 11) is 0. The van der Waals surface area contributed by atoms with Crippen molar-refractivity contribution in [1.29, 1.82) is 0 Å². The van der Waals surface area contributed by atoms with E-state index in [0.717, 1.165) is 24.0 Å². The average Bonchev–Trinajstić information content (AvgIpc) is 2.82. The normalized spacial score (nSPS) is 16.5. The van der Waals surface area contributed by atoms with Crippen LogP contribution in [-0.4, -0.2) is 15.6 Å². The van der Waals surface area contributed by atoms with E-state index in [1.165, 1.54) is 25.7 Å². The summed E-state index contributed by atoms with van der Waals surface area (Å²) in [5, 5.41) is 0.868. The third-order valence-corrected chi connectivity index (χ3v) is 4.67. The number of hydrogen-bond acceptors (Lipinski definition) is 3. The van der Waals surface area contributed by atoms with E-state index < -0.39 is 0 Å². The molecule has 0 aliphatic heterocycles. The van der Waals surface area contributed by atoms with E-state index in [4.69, 9.17) is 5.73 Å². The number of aromatic nitrogens is 1. The molecule has 0 aromatic carbocycles. The van der Waals surface area contributed by atoms with Crippen LogP contribution >= 0.6 is 11.8 Å². The van der Waals surface area contributed by atoms with Crippen LogP contribution in [0.25, 0.3) is 0 Å². The highest BCUT2D eigenvalue weighted by molar-refractivity contribution is 7.99. The van der Waals surface area contributed by atoms with Crippen molar-refractivity contribution >= 4 is 17.4 Å². The maximum atomic E-state index is 11.5. The van der Waals surface area contributed by atoms with Gasteiger partial charge in [0.1, 0.15) is 0 Å². The number of rotatable bonds is 5. The summed E-state index contributed by atoms with van der Waals surface area (Å²) in [5.41, 5.74) is 6.37. The first kappa shape index (κ1) is 12.6. The minimum atomic E-state index is 0.0464. The van der Waals surface area contributed by atoms with Gasteiger partial charge in [0, 0.05) is 29.7 Å². The fourth-order valence-corrected chi connectivity index (χ4v) is 3.56. The van der Waals surface area contributed by atoms with E-state index in [2.05, 4.69) is 11.8 Å². The zero-order chi connectivity index (χ0) is 12.1. The fraction of sp³-hybridized carbons (Fsp3) is 0.615. The third-order valence-electron chi connectivity index (χ3n) is 3.21. The van der Waals surface area contributed by atoms with Gasteiger partial charge in [-0.1, -0.05) is 12.8 Å². The van der Waals surface area contributed by atoms with Crippen molar-refractivity contribution in [3.8, 4) is 0 Å². The van der Waals surface area contributed by atoms with Crippen molar-refractivity contribution in [2.24, 2.45) is 0 Å². The van der Waals surface area contributed by atoms with Crippen LogP contribution in [0.1, 0.15) is 32.1 Å². The Kier molecular flexibility index (Phi) is 4.54. The molecule has 1 saturated carbocycles. The first-order valence-electron chi connectivity index (χ1n) is 6.33. The van der Waals surface area contributed by atoms with Crippen LogP contribution in [0.5, 0.6) is 0 Å². The van der Waals surface area contributed by atoms with E-state index in [-0.39, 0.29) is 5.56 Å². The number of anilines is 1. The van der Waals surface area contributed by atoms with Crippen molar-refractivity contribution in [3.05, 3.63) is 28.7 Å². The molecule has 0 atom stereocenters. The first-order valence-corrected chi connectivity index (χ1v) is 7.38. The molecule has 0 spiro atoms. The summed E-state index contributed by atoms with van der Waals surface area (Å²) in [6.07, 6.45) is 8.33. The van der Waals surface area contributed by atoms with Crippen LogP contribution in [0, 0.1) is 0 Å². The number of pyridine rings is 1. The smallest absolute Gasteiger partial charge is 0.250 e. The van der Waals surface area contributed by atoms with E-state index in [1.807, 2.05) is 0 Å². The minimum Gasteiger partial charge on any atom is -0.398 e. The van der Waals surface area contributed by atoms with Gasteiger partial charge in [0.05, 0.1) is 0 Å². The van der Waals surface area contributed by atoms with Crippen LogP contribution in [0.4, 0.5) is 5.69 Å². The lowest BCUT2D eigenvalue weighted by molar-refractivity contribution is 0.659. The number of thioether (sulfide) groups is 1. The summed E-state index contributed by atoms with van der Waals surface area (Å²) in [6.45, 7) is 0.781. The Hall–Kier alpha value is -0.900. The number of aryl methyl sites for hydroxylation is 1. The second-order valence-corrected chi connectivity index (χ2v) is 6.03. The Bertz CT molecular complexity index is 410. The van der Waals surface area contributed by atoms with Gasteiger partial charge in [0.2, 0.25) is 0 Å². The fourth-order valence-electron chi connectivity index (χ4n) is 2.26. The summed E-state index contributed by atoms with van der Waals surface area (Å²) in [4.78, 5) is 11.5. The van der Waals surface area contributed by atoms with Crippen LogP contribution in [-0.2, 0) is 6.54 Å². The Morgan fingerprint density at radius 3 is 2.88 bits per heavy atom. The van der Waals surface area contributed by atoms with Crippen molar-refractivity contribution in [2.45, 2.75) is 43.9 Å². The van der Waals surface area contributed by atoms with E-state index in [1.54, 1.807) is 22.9 Å². The molecule has 0 unspecified atom stereocenters. The lowest BCUT2D eigenvalue weighted by Crippen LogP contribution is -2.19. The van der Waals surface area contributed by atoms with Crippen molar-refractivity contribution in [1.82, 2.24) is 4.57 Å². The van der Waals surface area contributed by atoms with Crippen LogP contribution in [0.3, 0.4) is 0 Å². The second-order valence-electron chi connectivity index (χ2n) is 4.62. The van der Waals surface area contributed by atoms with Gasteiger partial charge >= 0.3 is 0 Å². The van der Waals surface area contributed by atoms with Gasteiger partial charge in [-0.3, -0.25) is 4.79 Å². The molecule has 2 N–H and O–H groups in total. The van der Waals surface area contributed by atoms with Crippen molar-refractivity contribution in [2.75, 3.05) is 11.5 Å². The molecule has 2 rings (SSSR count). The first-order chi connectivity index (χ1) is 8.25. The minimum absolute atomic E-state index is 0.0464. The average molecular weight is 252 g/mol. The monoisotopic (exact) mass is 252 g/mol. The van der Waals surface area contributed by atoms with E-state index >= 15 is 0 Å². The molecule has 1 fully saturated rings.